The second-order valence-corrected chi connectivity index (χ2v) is 5.35. The van der Waals surface area contributed by atoms with Gasteiger partial charge in [0.1, 0.15) is 5.69 Å². The molecule has 0 spiro atoms. The summed E-state index contributed by atoms with van der Waals surface area (Å²) in [5.41, 5.74) is 2.01. The highest BCUT2D eigenvalue weighted by atomic mass is 16.5. The standard InChI is InChI=1S/C17H19N3O2/c1-22-16-10-9-14(18-19-16)17(21)13-7-3-4-8-15(13)20-11-5-2-6-12-20/h3-4,7-10H,2,5-6,11-12H2,1H3. The molecule has 0 bridgehead atoms. The van der Waals surface area contributed by atoms with Gasteiger partial charge in [0.05, 0.1) is 7.11 Å². The number of ketones is 1. The van der Waals surface area contributed by atoms with E-state index in [0.717, 1.165) is 18.8 Å². The van der Waals surface area contributed by atoms with Gasteiger partial charge in [-0.1, -0.05) is 12.1 Å². The number of rotatable bonds is 4. The Morgan fingerprint density at radius 3 is 2.50 bits per heavy atom. The first-order valence-corrected chi connectivity index (χ1v) is 7.56. The summed E-state index contributed by atoms with van der Waals surface area (Å²) in [5, 5.41) is 7.85. The lowest BCUT2D eigenvalue weighted by atomic mass is 10.0. The average molecular weight is 297 g/mol. The molecule has 0 radical (unpaired) electrons. The van der Waals surface area contributed by atoms with E-state index in [9.17, 15) is 4.79 Å². The van der Waals surface area contributed by atoms with Gasteiger partial charge in [-0.15, -0.1) is 10.2 Å². The van der Waals surface area contributed by atoms with Crippen molar-refractivity contribution in [3.63, 3.8) is 0 Å². The molecule has 22 heavy (non-hydrogen) atoms. The molecule has 5 nitrogen and oxygen atoms in total. The zero-order chi connectivity index (χ0) is 15.4. The number of methoxy groups -OCH3 is 1. The second kappa shape index (κ2) is 6.56. The van der Waals surface area contributed by atoms with Gasteiger partial charge in [0, 0.05) is 30.4 Å². The van der Waals surface area contributed by atoms with Crippen molar-refractivity contribution in [2.75, 3.05) is 25.1 Å². The minimum atomic E-state index is -0.101. The van der Waals surface area contributed by atoms with Crippen LogP contribution in [0.5, 0.6) is 5.88 Å². The van der Waals surface area contributed by atoms with E-state index < -0.39 is 0 Å². The molecule has 0 unspecified atom stereocenters. The van der Waals surface area contributed by atoms with Crippen LogP contribution in [0.15, 0.2) is 36.4 Å². The quantitative estimate of drug-likeness (QED) is 0.812. The Balaban J connectivity index is 1.91. The van der Waals surface area contributed by atoms with Crippen LogP contribution < -0.4 is 9.64 Å². The minimum absolute atomic E-state index is 0.101. The van der Waals surface area contributed by atoms with Crippen LogP contribution in [0.3, 0.4) is 0 Å². The molecule has 2 aromatic rings. The van der Waals surface area contributed by atoms with E-state index in [1.54, 1.807) is 12.1 Å². The third-order valence-corrected chi connectivity index (χ3v) is 3.93. The number of hydrogen-bond donors (Lipinski definition) is 0. The number of hydrogen-bond acceptors (Lipinski definition) is 5. The molecular formula is C17H19N3O2. The molecule has 114 valence electrons. The van der Waals surface area contributed by atoms with Crippen LogP contribution in [0.25, 0.3) is 0 Å². The van der Waals surface area contributed by atoms with E-state index in [0.29, 0.717) is 17.1 Å². The lowest BCUT2D eigenvalue weighted by Gasteiger charge is -2.30. The van der Waals surface area contributed by atoms with Crippen molar-refractivity contribution in [3.05, 3.63) is 47.7 Å². The van der Waals surface area contributed by atoms with Crippen molar-refractivity contribution in [2.24, 2.45) is 0 Å². The summed E-state index contributed by atoms with van der Waals surface area (Å²) in [6.45, 7) is 2.00. The number of aromatic nitrogens is 2. The Morgan fingerprint density at radius 2 is 1.82 bits per heavy atom. The third-order valence-electron chi connectivity index (χ3n) is 3.93. The Kier molecular flexibility index (Phi) is 4.32. The van der Waals surface area contributed by atoms with Crippen LogP contribution >= 0.6 is 0 Å². The van der Waals surface area contributed by atoms with Crippen LogP contribution in [-0.2, 0) is 0 Å². The van der Waals surface area contributed by atoms with E-state index >= 15 is 0 Å². The number of para-hydroxylation sites is 1. The number of benzene rings is 1. The lowest BCUT2D eigenvalue weighted by Crippen LogP contribution is -2.30. The van der Waals surface area contributed by atoms with Crippen molar-refractivity contribution >= 4 is 11.5 Å². The lowest BCUT2D eigenvalue weighted by molar-refractivity contribution is 0.103. The van der Waals surface area contributed by atoms with Crippen molar-refractivity contribution in [3.8, 4) is 5.88 Å². The first-order valence-electron chi connectivity index (χ1n) is 7.56. The highest BCUT2D eigenvalue weighted by Gasteiger charge is 2.20. The fraction of sp³-hybridized carbons (Fsp3) is 0.353. The smallest absolute Gasteiger partial charge is 0.233 e. The van der Waals surface area contributed by atoms with E-state index in [-0.39, 0.29) is 5.78 Å². The molecule has 1 fully saturated rings. The number of carbonyl (C=O) groups is 1. The van der Waals surface area contributed by atoms with Gasteiger partial charge in [-0.3, -0.25) is 4.79 Å². The molecule has 0 saturated carbocycles. The Labute approximate surface area is 129 Å². The fourth-order valence-electron chi connectivity index (χ4n) is 2.76. The molecule has 0 aliphatic carbocycles. The molecule has 1 aromatic carbocycles. The zero-order valence-electron chi connectivity index (χ0n) is 12.7. The summed E-state index contributed by atoms with van der Waals surface area (Å²) in [5.74, 6) is 0.303. The highest BCUT2D eigenvalue weighted by Crippen LogP contribution is 2.25. The van der Waals surface area contributed by atoms with E-state index in [1.807, 2.05) is 24.3 Å². The summed E-state index contributed by atoms with van der Waals surface area (Å²) in [6.07, 6.45) is 3.60. The monoisotopic (exact) mass is 297 g/mol. The summed E-state index contributed by atoms with van der Waals surface area (Å²) in [6, 6.07) is 11.0. The molecule has 0 N–H and O–H groups in total. The number of ether oxygens (including phenoxy) is 1. The number of nitrogens with zero attached hydrogens (tertiary/aromatic N) is 3. The fourth-order valence-corrected chi connectivity index (χ4v) is 2.76. The maximum atomic E-state index is 12.7. The van der Waals surface area contributed by atoms with E-state index in [4.69, 9.17) is 4.74 Å². The summed E-state index contributed by atoms with van der Waals surface area (Å²) in [4.78, 5) is 15.0. The van der Waals surface area contributed by atoms with Crippen molar-refractivity contribution in [1.29, 1.82) is 0 Å². The van der Waals surface area contributed by atoms with Gasteiger partial charge in [0.25, 0.3) is 0 Å². The van der Waals surface area contributed by atoms with Gasteiger partial charge in [-0.2, -0.15) is 0 Å². The molecule has 1 aliphatic heterocycles. The number of carbonyl (C=O) groups excluding carboxylic acids is 1. The van der Waals surface area contributed by atoms with E-state index in [2.05, 4.69) is 15.1 Å². The summed E-state index contributed by atoms with van der Waals surface area (Å²) in [7, 11) is 1.52. The molecule has 2 heterocycles. The van der Waals surface area contributed by atoms with Gasteiger partial charge in [0.15, 0.2) is 0 Å². The Hall–Kier alpha value is -2.43. The topological polar surface area (TPSA) is 55.3 Å². The molecule has 0 amide bonds. The van der Waals surface area contributed by atoms with Gasteiger partial charge >= 0.3 is 0 Å². The van der Waals surface area contributed by atoms with Crippen molar-refractivity contribution in [2.45, 2.75) is 19.3 Å². The molecule has 5 heteroatoms. The molecule has 1 saturated heterocycles. The first-order chi connectivity index (χ1) is 10.8. The predicted molar refractivity (Wildman–Crippen MR) is 84.5 cm³/mol. The number of anilines is 1. The maximum absolute atomic E-state index is 12.7. The van der Waals surface area contributed by atoms with Gasteiger partial charge in [0.2, 0.25) is 11.7 Å². The van der Waals surface area contributed by atoms with Crippen LogP contribution in [0.1, 0.15) is 35.3 Å². The Bertz CT molecular complexity index is 649. The zero-order valence-corrected chi connectivity index (χ0v) is 12.7. The highest BCUT2D eigenvalue weighted by molar-refractivity contribution is 6.11. The normalized spacial score (nSPS) is 14.7. The molecule has 1 aliphatic rings. The predicted octanol–water partition coefficient (Wildman–Crippen LogP) is 2.71. The summed E-state index contributed by atoms with van der Waals surface area (Å²) >= 11 is 0. The second-order valence-electron chi connectivity index (χ2n) is 5.35. The molecule has 0 atom stereocenters. The van der Waals surface area contributed by atoms with Gasteiger partial charge < -0.3 is 9.64 Å². The Morgan fingerprint density at radius 1 is 1.05 bits per heavy atom. The van der Waals surface area contributed by atoms with Gasteiger partial charge in [-0.25, -0.2) is 0 Å². The minimum Gasteiger partial charge on any atom is -0.480 e. The van der Waals surface area contributed by atoms with Crippen molar-refractivity contribution in [1.82, 2.24) is 10.2 Å². The van der Waals surface area contributed by atoms with Crippen LogP contribution in [0.4, 0.5) is 5.69 Å². The SMILES string of the molecule is COc1ccc(C(=O)c2ccccc2N2CCCCC2)nn1. The average Bonchev–Trinajstić information content (AvgIpc) is 2.62. The number of piperidine rings is 1. The maximum Gasteiger partial charge on any atom is 0.233 e. The first kappa shape index (κ1) is 14.5. The van der Waals surface area contributed by atoms with Crippen LogP contribution in [0, 0.1) is 0 Å². The van der Waals surface area contributed by atoms with E-state index in [1.165, 1.54) is 26.4 Å². The van der Waals surface area contributed by atoms with Gasteiger partial charge in [-0.05, 0) is 37.5 Å². The van der Waals surface area contributed by atoms with Crippen LogP contribution in [-0.4, -0.2) is 36.2 Å². The molecule has 3 rings (SSSR count). The molecule has 1 aromatic heterocycles. The molecular weight excluding hydrogens is 278 g/mol. The van der Waals surface area contributed by atoms with Crippen molar-refractivity contribution < 1.29 is 9.53 Å². The largest absolute Gasteiger partial charge is 0.480 e. The summed E-state index contributed by atoms with van der Waals surface area (Å²) < 4.78 is 4.98. The third kappa shape index (κ3) is 2.93. The van der Waals surface area contributed by atoms with Crippen LogP contribution in [0.2, 0.25) is 0 Å².